The van der Waals surface area contributed by atoms with Gasteiger partial charge in [-0.1, -0.05) is 44.7 Å². The fourth-order valence-corrected chi connectivity index (χ4v) is 1.71. The van der Waals surface area contributed by atoms with E-state index in [-0.39, 0.29) is 0 Å². The van der Waals surface area contributed by atoms with Gasteiger partial charge in [0, 0.05) is 12.4 Å². The highest BCUT2D eigenvalue weighted by Gasteiger charge is 2.04. The molecule has 2 aromatic rings. The Morgan fingerprint density at radius 2 is 1.81 bits per heavy atom. The first-order chi connectivity index (χ1) is 10.1. The highest BCUT2D eigenvalue weighted by atomic mass is 14.8. The molecule has 21 heavy (non-hydrogen) atoms. The van der Waals surface area contributed by atoms with Crippen LogP contribution in [0.1, 0.15) is 25.1 Å². The summed E-state index contributed by atoms with van der Waals surface area (Å²) in [4.78, 5) is 4.41. The number of aromatic nitrogens is 1. The second kappa shape index (κ2) is 10.5. The summed E-state index contributed by atoms with van der Waals surface area (Å²) in [5.74, 6) is 0. The zero-order chi connectivity index (χ0) is 16.3. The Kier molecular flexibility index (Phi) is 9.35. The summed E-state index contributed by atoms with van der Waals surface area (Å²) in [6, 6.07) is 8.05. The number of rotatable bonds is 2. The molecule has 1 heterocycles. The molecule has 3 nitrogen and oxygen atoms in total. The van der Waals surface area contributed by atoms with Crippen LogP contribution in [0.4, 0.5) is 5.69 Å². The van der Waals surface area contributed by atoms with Gasteiger partial charge in [0.25, 0.3) is 0 Å². The van der Waals surface area contributed by atoms with Crippen molar-refractivity contribution in [2.75, 3.05) is 12.8 Å². The van der Waals surface area contributed by atoms with Crippen LogP contribution in [0.25, 0.3) is 10.9 Å². The van der Waals surface area contributed by atoms with E-state index in [1.165, 1.54) is 0 Å². The number of nitrogens with zero attached hydrogens (tertiary/aromatic N) is 1. The highest BCUT2D eigenvalue weighted by Crippen LogP contribution is 2.23. The molecule has 0 saturated carbocycles. The molecule has 2 rings (SSSR count). The van der Waals surface area contributed by atoms with Gasteiger partial charge in [-0.2, -0.15) is 0 Å². The maximum Gasteiger partial charge on any atom is 0.0709 e. The maximum absolute atomic E-state index is 5.89. The van der Waals surface area contributed by atoms with Gasteiger partial charge in [-0.05, 0) is 37.8 Å². The van der Waals surface area contributed by atoms with Gasteiger partial charge >= 0.3 is 0 Å². The number of hydrogen-bond donors (Lipinski definition) is 2. The van der Waals surface area contributed by atoms with Crippen LogP contribution in [0.5, 0.6) is 0 Å². The molecule has 1 aromatic carbocycles. The van der Waals surface area contributed by atoms with Crippen LogP contribution in [-0.2, 0) is 0 Å². The van der Waals surface area contributed by atoms with Crippen LogP contribution in [0.15, 0.2) is 49.2 Å². The van der Waals surface area contributed by atoms with Crippen molar-refractivity contribution in [3.05, 3.63) is 60.5 Å². The molecule has 0 aliphatic carbocycles. The molecule has 0 amide bonds. The van der Waals surface area contributed by atoms with E-state index in [0.717, 1.165) is 27.8 Å². The quantitative estimate of drug-likeness (QED) is 0.806. The van der Waals surface area contributed by atoms with Crippen molar-refractivity contribution in [2.45, 2.75) is 27.7 Å². The lowest BCUT2D eigenvalue weighted by molar-refractivity contribution is 1.10. The molecule has 0 saturated heterocycles. The lowest BCUT2D eigenvalue weighted by Crippen LogP contribution is -1.97. The molecule has 0 radical (unpaired) electrons. The smallest absolute Gasteiger partial charge is 0.0709 e. The van der Waals surface area contributed by atoms with Crippen molar-refractivity contribution in [1.82, 2.24) is 10.3 Å². The minimum absolute atomic E-state index is 0.804. The van der Waals surface area contributed by atoms with Crippen LogP contribution in [0.3, 0.4) is 0 Å². The van der Waals surface area contributed by atoms with E-state index in [1.54, 1.807) is 6.08 Å². The minimum atomic E-state index is 0.804. The molecular formula is C18H27N3. The Balaban J connectivity index is 0.000000427. The predicted molar refractivity (Wildman–Crippen MR) is 95.4 cm³/mol. The molecule has 3 N–H and O–H groups in total. The Morgan fingerprint density at radius 3 is 2.33 bits per heavy atom. The van der Waals surface area contributed by atoms with E-state index in [1.807, 2.05) is 71.3 Å². The zero-order valence-electron chi connectivity index (χ0n) is 13.8. The first-order valence-electron chi connectivity index (χ1n) is 7.18. The number of para-hydroxylation sites is 1. The third-order valence-corrected chi connectivity index (χ3v) is 2.79. The number of fused-ring (bicyclic) bond motifs is 1. The fourth-order valence-electron chi connectivity index (χ4n) is 1.71. The van der Waals surface area contributed by atoms with Crippen molar-refractivity contribution in [2.24, 2.45) is 0 Å². The SMILES string of the molecule is C=C/C=C/NC.CC.Cc1nc2ccccc2c(C)c1N. The van der Waals surface area contributed by atoms with Gasteiger partial charge in [0.05, 0.1) is 16.9 Å². The Hall–Kier alpha value is -2.29. The van der Waals surface area contributed by atoms with E-state index in [2.05, 4.69) is 16.9 Å². The van der Waals surface area contributed by atoms with E-state index >= 15 is 0 Å². The highest BCUT2D eigenvalue weighted by molar-refractivity contribution is 5.86. The average Bonchev–Trinajstić information content (AvgIpc) is 2.53. The Bertz CT molecular complexity index is 586. The number of allylic oxidation sites excluding steroid dienone is 2. The number of nitrogens with one attached hydrogen (secondary N) is 1. The second-order valence-corrected chi connectivity index (χ2v) is 4.14. The van der Waals surface area contributed by atoms with Gasteiger partial charge in [-0.25, -0.2) is 0 Å². The summed E-state index contributed by atoms with van der Waals surface area (Å²) in [6.07, 6.45) is 5.36. The number of nitrogens with two attached hydrogens (primary N) is 1. The van der Waals surface area contributed by atoms with Gasteiger partial charge in [-0.3, -0.25) is 4.98 Å². The van der Waals surface area contributed by atoms with E-state index in [4.69, 9.17) is 5.73 Å². The molecule has 114 valence electrons. The van der Waals surface area contributed by atoms with Gasteiger partial charge in [0.15, 0.2) is 0 Å². The second-order valence-electron chi connectivity index (χ2n) is 4.14. The summed E-state index contributed by atoms with van der Waals surface area (Å²) < 4.78 is 0. The summed E-state index contributed by atoms with van der Waals surface area (Å²) in [6.45, 7) is 11.4. The molecule has 0 atom stereocenters. The lowest BCUT2D eigenvalue weighted by Gasteiger charge is -2.07. The summed E-state index contributed by atoms with van der Waals surface area (Å²) in [5, 5.41) is 3.96. The van der Waals surface area contributed by atoms with Crippen molar-refractivity contribution in [3.63, 3.8) is 0 Å². The topological polar surface area (TPSA) is 50.9 Å². The lowest BCUT2D eigenvalue weighted by atomic mass is 10.1. The van der Waals surface area contributed by atoms with Crippen LogP contribution in [0, 0.1) is 13.8 Å². The first kappa shape index (κ1) is 18.7. The van der Waals surface area contributed by atoms with E-state index < -0.39 is 0 Å². The molecule has 1 aromatic heterocycles. The summed E-state index contributed by atoms with van der Waals surface area (Å²) in [5.41, 5.74) is 9.75. The molecule has 0 aliphatic heterocycles. The summed E-state index contributed by atoms with van der Waals surface area (Å²) >= 11 is 0. The van der Waals surface area contributed by atoms with Crippen LogP contribution >= 0.6 is 0 Å². The number of hydrogen-bond acceptors (Lipinski definition) is 3. The molecule has 0 fully saturated rings. The monoisotopic (exact) mass is 285 g/mol. The molecule has 3 heteroatoms. The third kappa shape index (κ3) is 5.69. The Morgan fingerprint density at radius 1 is 1.19 bits per heavy atom. The minimum Gasteiger partial charge on any atom is -0.397 e. The first-order valence-corrected chi connectivity index (χ1v) is 7.18. The number of pyridine rings is 1. The maximum atomic E-state index is 5.89. The van der Waals surface area contributed by atoms with Gasteiger partial charge in [0.1, 0.15) is 0 Å². The average molecular weight is 285 g/mol. The van der Waals surface area contributed by atoms with Crippen LogP contribution < -0.4 is 11.1 Å². The molecule has 0 aliphatic rings. The number of aryl methyl sites for hydroxylation is 2. The number of benzene rings is 1. The number of anilines is 1. The standard InChI is InChI=1S/C11H12N2.C5H9N.C2H6/c1-7-9-5-3-4-6-10(9)13-8(2)11(7)12;1-3-4-5-6-2;1-2/h3-6H,12H2,1-2H3;3-6H,1H2,2H3;1-2H3/b;5-4+;. The fraction of sp³-hybridized carbons (Fsp3) is 0.278. The largest absolute Gasteiger partial charge is 0.397 e. The van der Waals surface area contributed by atoms with Gasteiger partial charge < -0.3 is 11.1 Å². The van der Waals surface area contributed by atoms with Crippen LogP contribution in [0.2, 0.25) is 0 Å². The van der Waals surface area contributed by atoms with Crippen LogP contribution in [-0.4, -0.2) is 12.0 Å². The van der Waals surface area contributed by atoms with Crippen molar-refractivity contribution < 1.29 is 0 Å². The van der Waals surface area contributed by atoms with E-state index in [0.29, 0.717) is 0 Å². The van der Waals surface area contributed by atoms with Crippen molar-refractivity contribution >= 4 is 16.6 Å². The van der Waals surface area contributed by atoms with Crippen molar-refractivity contribution in [1.29, 1.82) is 0 Å². The molecule has 0 unspecified atom stereocenters. The summed E-state index contributed by atoms with van der Waals surface area (Å²) in [7, 11) is 1.85. The normalized spacial score (nSPS) is 9.38. The van der Waals surface area contributed by atoms with Gasteiger partial charge in [-0.15, -0.1) is 0 Å². The predicted octanol–water partition coefficient (Wildman–Crippen LogP) is 4.37. The Labute approximate surface area is 128 Å². The molecule has 0 spiro atoms. The third-order valence-electron chi connectivity index (χ3n) is 2.79. The number of nitrogen functional groups attached to an aromatic ring is 1. The van der Waals surface area contributed by atoms with E-state index in [9.17, 15) is 0 Å². The molecular weight excluding hydrogens is 258 g/mol. The zero-order valence-corrected chi connectivity index (χ0v) is 13.8. The van der Waals surface area contributed by atoms with Crippen molar-refractivity contribution in [3.8, 4) is 0 Å². The van der Waals surface area contributed by atoms with Gasteiger partial charge in [0.2, 0.25) is 0 Å². The molecule has 0 bridgehead atoms.